The number of nitrogens with two attached hydrogens (primary N) is 1. The number of thioether (sulfide) groups is 1. The molecule has 1 atom stereocenters. The van der Waals surface area contributed by atoms with Gasteiger partial charge in [-0.15, -0.1) is 11.8 Å². The molecule has 0 saturated carbocycles. The molecule has 38 heavy (non-hydrogen) atoms. The lowest BCUT2D eigenvalue weighted by molar-refractivity contribution is -0.116. The minimum Gasteiger partial charge on any atom is -0.384 e. The summed E-state index contributed by atoms with van der Waals surface area (Å²) in [5, 5.41) is 10.4. The van der Waals surface area contributed by atoms with E-state index in [0.717, 1.165) is 52.2 Å². The van der Waals surface area contributed by atoms with Crippen molar-refractivity contribution in [3.05, 3.63) is 117 Å². The molecule has 192 valence electrons. The summed E-state index contributed by atoms with van der Waals surface area (Å²) in [4.78, 5) is 16.7. The third-order valence-electron chi connectivity index (χ3n) is 7.66. The molecule has 0 spiro atoms. The van der Waals surface area contributed by atoms with E-state index in [9.17, 15) is 10.1 Å². The van der Waals surface area contributed by atoms with Gasteiger partial charge in [0, 0.05) is 34.0 Å². The fourth-order valence-electron chi connectivity index (χ4n) is 5.56. The van der Waals surface area contributed by atoms with E-state index in [2.05, 4.69) is 63.2 Å². The lowest BCUT2D eigenvalue weighted by atomic mass is 9.74. The normalized spacial score (nSPS) is 17.5. The van der Waals surface area contributed by atoms with Crippen LogP contribution in [-0.4, -0.2) is 5.78 Å². The van der Waals surface area contributed by atoms with Crippen molar-refractivity contribution < 1.29 is 4.79 Å². The van der Waals surface area contributed by atoms with Crippen molar-refractivity contribution >= 4 is 23.2 Å². The highest BCUT2D eigenvalue weighted by Gasteiger charge is 2.40. The minimum absolute atomic E-state index is 0.115. The maximum atomic E-state index is 13.6. The van der Waals surface area contributed by atoms with E-state index >= 15 is 0 Å². The molecular weight excluding hydrogens is 486 g/mol. The molecule has 0 saturated heterocycles. The maximum absolute atomic E-state index is 13.6. The molecule has 1 aliphatic carbocycles. The van der Waals surface area contributed by atoms with Crippen molar-refractivity contribution in [3.8, 4) is 6.07 Å². The first kappa shape index (κ1) is 25.9. The van der Waals surface area contributed by atoms with Crippen LogP contribution in [0.4, 0.5) is 5.69 Å². The van der Waals surface area contributed by atoms with Crippen molar-refractivity contribution in [2.45, 2.75) is 63.5 Å². The third-order valence-corrected chi connectivity index (χ3v) is 8.72. The van der Waals surface area contributed by atoms with Crippen LogP contribution in [0.5, 0.6) is 0 Å². The number of hydrogen-bond donors (Lipinski definition) is 1. The second-order valence-electron chi connectivity index (χ2n) is 10.4. The van der Waals surface area contributed by atoms with Crippen LogP contribution >= 0.6 is 11.8 Å². The summed E-state index contributed by atoms with van der Waals surface area (Å²) < 4.78 is 0. The molecule has 0 fully saturated rings. The van der Waals surface area contributed by atoms with Gasteiger partial charge >= 0.3 is 0 Å². The van der Waals surface area contributed by atoms with Gasteiger partial charge in [-0.2, -0.15) is 5.26 Å². The number of nitriles is 1. The highest BCUT2D eigenvalue weighted by molar-refractivity contribution is 7.98. The second-order valence-corrected chi connectivity index (χ2v) is 11.4. The summed E-state index contributed by atoms with van der Waals surface area (Å²) in [5.41, 5.74) is 16.7. The number of carbonyl (C=O) groups is 1. The first-order chi connectivity index (χ1) is 18.3. The Bertz CT molecular complexity index is 1510. The van der Waals surface area contributed by atoms with Gasteiger partial charge in [0.25, 0.3) is 0 Å². The van der Waals surface area contributed by atoms with Crippen LogP contribution in [0.2, 0.25) is 0 Å². The molecule has 1 aliphatic heterocycles. The van der Waals surface area contributed by atoms with Crippen molar-refractivity contribution in [1.82, 2.24) is 0 Å². The zero-order valence-electron chi connectivity index (χ0n) is 22.5. The number of carbonyl (C=O) groups excluding carboxylic acids is 1. The predicted octanol–water partition coefficient (Wildman–Crippen LogP) is 7.52. The van der Waals surface area contributed by atoms with Crippen LogP contribution < -0.4 is 10.6 Å². The number of allylic oxidation sites excluding steroid dienone is 3. The number of Topliss-reactive ketones (excluding diaryl/α,β-unsaturated/α-hetero) is 1. The van der Waals surface area contributed by atoms with Crippen molar-refractivity contribution in [2.24, 2.45) is 5.73 Å². The van der Waals surface area contributed by atoms with E-state index in [1.807, 2.05) is 36.1 Å². The quantitative estimate of drug-likeness (QED) is 0.353. The van der Waals surface area contributed by atoms with Crippen molar-refractivity contribution in [3.63, 3.8) is 0 Å². The lowest BCUT2D eigenvalue weighted by Crippen LogP contribution is -2.38. The van der Waals surface area contributed by atoms with Gasteiger partial charge in [0.05, 0.1) is 17.6 Å². The van der Waals surface area contributed by atoms with Gasteiger partial charge in [0.2, 0.25) is 0 Å². The summed E-state index contributed by atoms with van der Waals surface area (Å²) in [6.45, 7) is 8.34. The summed E-state index contributed by atoms with van der Waals surface area (Å²) in [6.07, 6.45) is 2.04. The van der Waals surface area contributed by atoms with Crippen LogP contribution in [0.1, 0.15) is 58.6 Å². The van der Waals surface area contributed by atoms with Gasteiger partial charge in [0.15, 0.2) is 5.78 Å². The fourth-order valence-corrected chi connectivity index (χ4v) is 6.53. The van der Waals surface area contributed by atoms with Crippen LogP contribution in [0.25, 0.3) is 0 Å². The van der Waals surface area contributed by atoms with E-state index in [0.29, 0.717) is 17.8 Å². The van der Waals surface area contributed by atoms with Crippen molar-refractivity contribution in [2.75, 3.05) is 4.90 Å². The molecule has 3 aromatic carbocycles. The Morgan fingerprint density at radius 2 is 1.61 bits per heavy atom. The smallest absolute Gasteiger partial charge is 0.161 e. The largest absolute Gasteiger partial charge is 0.384 e. The first-order valence-corrected chi connectivity index (χ1v) is 14.1. The highest BCUT2D eigenvalue weighted by Crippen LogP contribution is 2.47. The van der Waals surface area contributed by atoms with E-state index in [1.165, 1.54) is 21.6 Å². The molecule has 3 aromatic rings. The molecule has 2 aliphatic rings. The van der Waals surface area contributed by atoms with Gasteiger partial charge in [-0.3, -0.25) is 9.69 Å². The standard InChI is InChI=1S/C33H33N3OS/c1-20-8-12-25(13-9-20)36-29-6-5-7-30(37)32(29)31(28(18-34)33(36)35)27-17-24(22(3)16-23(27)4)19-38-26-14-10-21(2)11-15-26/h8-17,31H,5-7,19,35H2,1-4H3. The number of nitrogens with zero attached hydrogens (tertiary/aromatic N) is 2. The Kier molecular flexibility index (Phi) is 7.19. The number of aryl methyl sites for hydroxylation is 4. The molecule has 0 radical (unpaired) electrons. The number of ketones is 1. The summed E-state index contributed by atoms with van der Waals surface area (Å²) in [7, 11) is 0. The van der Waals surface area contributed by atoms with Crippen LogP contribution in [-0.2, 0) is 10.5 Å². The predicted molar refractivity (Wildman–Crippen MR) is 156 cm³/mol. The molecule has 4 nitrogen and oxygen atoms in total. The van der Waals surface area contributed by atoms with Gasteiger partial charge in [-0.1, -0.05) is 47.5 Å². The fraction of sp³-hybridized carbons (Fsp3) is 0.273. The van der Waals surface area contributed by atoms with Crippen LogP contribution in [0.15, 0.2) is 88.2 Å². The minimum atomic E-state index is -0.451. The molecule has 1 unspecified atom stereocenters. The first-order valence-electron chi connectivity index (χ1n) is 13.1. The number of hydrogen-bond acceptors (Lipinski definition) is 5. The molecule has 0 bridgehead atoms. The topological polar surface area (TPSA) is 70.1 Å². The summed E-state index contributed by atoms with van der Waals surface area (Å²) in [5.74, 6) is 0.897. The molecule has 5 heteroatoms. The van der Waals surface area contributed by atoms with Crippen LogP contribution in [0, 0.1) is 39.0 Å². The Hall–Kier alpha value is -3.75. The van der Waals surface area contributed by atoms with Crippen LogP contribution in [0.3, 0.4) is 0 Å². The number of rotatable bonds is 5. The molecular formula is C33H33N3OS. The van der Waals surface area contributed by atoms with Gasteiger partial charge in [0.1, 0.15) is 5.82 Å². The highest BCUT2D eigenvalue weighted by atomic mass is 32.2. The number of anilines is 1. The molecule has 1 heterocycles. The van der Waals surface area contributed by atoms with E-state index in [4.69, 9.17) is 5.73 Å². The van der Waals surface area contributed by atoms with Gasteiger partial charge in [-0.05, 0) is 87.1 Å². The maximum Gasteiger partial charge on any atom is 0.161 e. The Labute approximate surface area is 229 Å². The Morgan fingerprint density at radius 1 is 0.947 bits per heavy atom. The van der Waals surface area contributed by atoms with Crippen molar-refractivity contribution in [1.29, 1.82) is 5.26 Å². The summed E-state index contributed by atoms with van der Waals surface area (Å²) in [6, 6.07) is 23.5. The van der Waals surface area contributed by atoms with E-state index < -0.39 is 5.92 Å². The average Bonchev–Trinajstić information content (AvgIpc) is 2.90. The summed E-state index contributed by atoms with van der Waals surface area (Å²) >= 11 is 1.80. The average molecular weight is 520 g/mol. The molecule has 5 rings (SSSR count). The zero-order valence-corrected chi connectivity index (χ0v) is 23.3. The van der Waals surface area contributed by atoms with Gasteiger partial charge < -0.3 is 5.73 Å². The molecule has 0 amide bonds. The molecule has 2 N–H and O–H groups in total. The number of benzene rings is 3. The SMILES string of the molecule is Cc1ccc(SCc2cc(C3C(C#N)=C(N)N(c4ccc(C)cc4)C4=C3C(=O)CCC4)c(C)cc2C)cc1. The van der Waals surface area contributed by atoms with E-state index in [1.54, 1.807) is 11.8 Å². The zero-order chi connectivity index (χ0) is 27.0. The van der Waals surface area contributed by atoms with E-state index in [-0.39, 0.29) is 5.78 Å². The lowest BCUT2D eigenvalue weighted by Gasteiger charge is -2.40. The second kappa shape index (κ2) is 10.6. The monoisotopic (exact) mass is 519 g/mol. The Balaban J connectivity index is 1.61. The Morgan fingerprint density at radius 3 is 2.26 bits per heavy atom. The van der Waals surface area contributed by atoms with Gasteiger partial charge in [-0.25, -0.2) is 0 Å². The third kappa shape index (κ3) is 4.77. The molecule has 0 aromatic heterocycles.